The molecule has 4 nitrogen and oxygen atoms in total. The van der Waals surface area contributed by atoms with E-state index in [4.69, 9.17) is 4.74 Å². The predicted octanol–water partition coefficient (Wildman–Crippen LogP) is 3.91. The zero-order chi connectivity index (χ0) is 16.1. The van der Waals surface area contributed by atoms with Crippen molar-refractivity contribution in [2.24, 2.45) is 5.10 Å². The fourth-order valence-corrected chi connectivity index (χ4v) is 3.51. The van der Waals surface area contributed by atoms with Crippen molar-refractivity contribution in [2.75, 3.05) is 19.6 Å². The summed E-state index contributed by atoms with van der Waals surface area (Å²) < 4.78 is 6.38. The molecule has 22 heavy (non-hydrogen) atoms. The van der Waals surface area contributed by atoms with Crippen molar-refractivity contribution in [3.63, 3.8) is 0 Å². The van der Waals surface area contributed by atoms with Gasteiger partial charge in [-0.15, -0.1) is 23.5 Å². The van der Waals surface area contributed by atoms with E-state index < -0.39 is 0 Å². The molecule has 0 bridgehead atoms. The van der Waals surface area contributed by atoms with Gasteiger partial charge >= 0.3 is 0 Å². The van der Waals surface area contributed by atoms with Gasteiger partial charge in [0.25, 0.3) is 0 Å². The summed E-state index contributed by atoms with van der Waals surface area (Å²) >= 11 is 3.38. The van der Waals surface area contributed by atoms with Crippen LogP contribution >= 0.6 is 23.5 Å². The summed E-state index contributed by atoms with van der Waals surface area (Å²) in [5.41, 5.74) is 2.01. The molecule has 0 radical (unpaired) electrons. The van der Waals surface area contributed by atoms with E-state index in [-0.39, 0.29) is 11.9 Å². The van der Waals surface area contributed by atoms with Crippen LogP contribution in [0.4, 0.5) is 0 Å². The number of nitrogens with zero attached hydrogens (tertiary/aromatic N) is 2. The average molecular weight is 336 g/mol. The molecule has 1 heterocycles. The van der Waals surface area contributed by atoms with Crippen molar-refractivity contribution in [3.8, 4) is 5.75 Å². The van der Waals surface area contributed by atoms with Gasteiger partial charge in [-0.2, -0.15) is 5.10 Å². The Balaban J connectivity index is 2.25. The lowest BCUT2D eigenvalue weighted by atomic mass is 10.0. The van der Waals surface area contributed by atoms with Crippen molar-refractivity contribution >= 4 is 35.1 Å². The number of hydrazone groups is 1. The number of allylic oxidation sites excluding steroid dienone is 1. The third-order valence-electron chi connectivity index (χ3n) is 3.44. The molecule has 2 rings (SSSR count). The highest BCUT2D eigenvalue weighted by Crippen LogP contribution is 2.33. The monoisotopic (exact) mass is 336 g/mol. The van der Waals surface area contributed by atoms with Crippen molar-refractivity contribution in [1.82, 2.24) is 5.01 Å². The first-order valence-corrected chi connectivity index (χ1v) is 9.35. The van der Waals surface area contributed by atoms with E-state index in [0.29, 0.717) is 0 Å². The van der Waals surface area contributed by atoms with Gasteiger partial charge in [0.2, 0.25) is 5.91 Å². The molecule has 0 spiro atoms. The summed E-state index contributed by atoms with van der Waals surface area (Å²) in [6, 6.07) is 7.77. The van der Waals surface area contributed by atoms with Gasteiger partial charge in [0.15, 0.2) is 0 Å². The maximum absolute atomic E-state index is 11.9. The van der Waals surface area contributed by atoms with E-state index in [9.17, 15) is 4.79 Å². The van der Waals surface area contributed by atoms with Crippen molar-refractivity contribution in [2.45, 2.75) is 19.4 Å². The topological polar surface area (TPSA) is 41.9 Å². The van der Waals surface area contributed by atoms with E-state index in [1.54, 1.807) is 42.6 Å². The van der Waals surface area contributed by atoms with Crippen LogP contribution in [-0.4, -0.2) is 36.2 Å². The number of amides is 1. The highest BCUT2D eigenvalue weighted by molar-refractivity contribution is 8.21. The van der Waals surface area contributed by atoms with Crippen LogP contribution in [0.25, 0.3) is 0 Å². The Labute approximate surface area is 140 Å². The van der Waals surface area contributed by atoms with Crippen LogP contribution in [0.5, 0.6) is 5.75 Å². The molecule has 0 saturated heterocycles. The molecule has 6 heteroatoms. The molecule has 0 saturated carbocycles. The number of rotatable bonds is 5. The number of methoxy groups -OCH3 is 1. The van der Waals surface area contributed by atoms with Crippen LogP contribution in [0.2, 0.25) is 0 Å². The third-order valence-corrected chi connectivity index (χ3v) is 5.48. The van der Waals surface area contributed by atoms with Crippen LogP contribution in [0.3, 0.4) is 0 Å². The molecule has 1 aliphatic heterocycles. The van der Waals surface area contributed by atoms with Gasteiger partial charge in [0.1, 0.15) is 5.75 Å². The fraction of sp³-hybridized carbons (Fsp3) is 0.375. The Bertz CT molecular complexity index is 591. The molecule has 1 aromatic carbocycles. The third kappa shape index (κ3) is 3.87. The summed E-state index contributed by atoms with van der Waals surface area (Å²) in [6.07, 6.45) is 6.88. The Morgan fingerprint density at radius 1 is 1.32 bits per heavy atom. The maximum Gasteiger partial charge on any atom is 0.240 e. The Kier molecular flexibility index (Phi) is 5.97. The number of hydrogen-bond acceptors (Lipinski definition) is 5. The van der Waals surface area contributed by atoms with E-state index in [2.05, 4.69) is 11.2 Å². The molecule has 0 aliphatic carbocycles. The van der Waals surface area contributed by atoms with Crippen LogP contribution in [0.1, 0.15) is 24.9 Å². The lowest BCUT2D eigenvalue weighted by Crippen LogP contribution is -2.24. The normalized spacial score (nSPS) is 17.2. The van der Waals surface area contributed by atoms with E-state index >= 15 is 0 Å². The molecule has 1 unspecified atom stereocenters. The molecule has 1 amide bonds. The highest BCUT2D eigenvalue weighted by Gasteiger charge is 2.30. The molecule has 1 aromatic rings. The number of ether oxygens (including phenoxy) is 1. The number of carbonyl (C=O) groups excluding carboxylic acids is 1. The van der Waals surface area contributed by atoms with Crippen LogP contribution < -0.4 is 4.74 Å². The molecular formula is C16H20N2O2S2. The first-order chi connectivity index (χ1) is 10.6. The second kappa shape index (κ2) is 7.74. The lowest BCUT2D eigenvalue weighted by Gasteiger charge is -2.20. The fourth-order valence-electron chi connectivity index (χ4n) is 2.33. The smallest absolute Gasteiger partial charge is 0.240 e. The van der Waals surface area contributed by atoms with Gasteiger partial charge in [0, 0.05) is 17.6 Å². The summed E-state index contributed by atoms with van der Waals surface area (Å²) in [5, 5.41) is 6.07. The van der Waals surface area contributed by atoms with E-state index in [0.717, 1.165) is 23.4 Å². The predicted molar refractivity (Wildman–Crippen MR) is 95.4 cm³/mol. The van der Waals surface area contributed by atoms with Crippen molar-refractivity contribution in [1.29, 1.82) is 0 Å². The molecule has 1 aliphatic rings. The second-order valence-electron chi connectivity index (χ2n) is 4.82. The number of carbonyl (C=O) groups is 1. The van der Waals surface area contributed by atoms with Gasteiger partial charge in [-0.1, -0.05) is 12.1 Å². The maximum atomic E-state index is 11.9. The minimum Gasteiger partial charge on any atom is -0.497 e. The highest BCUT2D eigenvalue weighted by atomic mass is 32.2. The number of hydrogen-bond donors (Lipinski definition) is 0. The summed E-state index contributed by atoms with van der Waals surface area (Å²) in [7, 11) is 1.64. The minimum absolute atomic E-state index is 0.0420. The Morgan fingerprint density at radius 3 is 2.45 bits per heavy atom. The van der Waals surface area contributed by atoms with Crippen LogP contribution in [-0.2, 0) is 4.79 Å². The number of benzene rings is 1. The first kappa shape index (κ1) is 17.0. The summed E-state index contributed by atoms with van der Waals surface area (Å²) in [4.78, 5) is 11.9. The lowest BCUT2D eigenvalue weighted by molar-refractivity contribution is -0.130. The molecule has 0 N–H and O–H groups in total. The quantitative estimate of drug-likeness (QED) is 0.817. The van der Waals surface area contributed by atoms with Gasteiger partial charge in [0.05, 0.1) is 18.9 Å². The van der Waals surface area contributed by atoms with Crippen LogP contribution in [0, 0.1) is 0 Å². The molecular weight excluding hydrogens is 316 g/mol. The molecule has 0 fully saturated rings. The van der Waals surface area contributed by atoms with Gasteiger partial charge in [-0.05, 0) is 36.3 Å². The van der Waals surface area contributed by atoms with Gasteiger partial charge < -0.3 is 4.74 Å². The van der Waals surface area contributed by atoms with Gasteiger partial charge in [-0.3, -0.25) is 4.79 Å². The average Bonchev–Trinajstić information content (AvgIpc) is 2.97. The zero-order valence-electron chi connectivity index (χ0n) is 13.2. The molecule has 1 atom stereocenters. The summed E-state index contributed by atoms with van der Waals surface area (Å²) in [5.74, 6) is 0.767. The molecule has 0 aromatic heterocycles. The minimum atomic E-state index is -0.0425. The standard InChI is InChI=1S/C16H20N2O2S2/c1-11(19)18-15(12-5-7-14(20-2)8-6-12)9-13(17-18)10-16(21-3)22-4/h5-8,10,15H,9H2,1-4H3. The van der Waals surface area contributed by atoms with Crippen molar-refractivity contribution in [3.05, 3.63) is 40.1 Å². The van der Waals surface area contributed by atoms with Crippen LogP contribution in [0.15, 0.2) is 39.7 Å². The number of thioether (sulfide) groups is 2. The first-order valence-electron chi connectivity index (χ1n) is 6.90. The largest absolute Gasteiger partial charge is 0.497 e. The molecule has 118 valence electrons. The van der Waals surface area contributed by atoms with E-state index in [1.165, 1.54) is 4.24 Å². The van der Waals surface area contributed by atoms with Crippen molar-refractivity contribution < 1.29 is 9.53 Å². The summed E-state index contributed by atoms with van der Waals surface area (Å²) in [6.45, 7) is 1.55. The Morgan fingerprint density at radius 2 is 1.95 bits per heavy atom. The zero-order valence-corrected chi connectivity index (χ0v) is 14.8. The second-order valence-corrected chi connectivity index (χ2v) is 6.77. The van der Waals surface area contributed by atoms with Gasteiger partial charge in [-0.25, -0.2) is 5.01 Å². The SMILES string of the molecule is COc1ccc(C2CC(C=C(SC)SC)=NN2C(C)=O)cc1. The van der Waals surface area contributed by atoms with E-state index in [1.807, 2.05) is 36.8 Å². The Hall–Kier alpha value is -1.40.